The maximum atomic E-state index is 5.72. The van der Waals surface area contributed by atoms with Gasteiger partial charge in [0.25, 0.3) is 0 Å². The van der Waals surface area contributed by atoms with Crippen LogP contribution in [-0.4, -0.2) is 25.9 Å². The molecule has 1 fully saturated rings. The Hall–Kier alpha value is -0.900. The molecule has 1 aromatic rings. The highest BCUT2D eigenvalue weighted by atomic mass is 16.5. The van der Waals surface area contributed by atoms with Crippen molar-refractivity contribution in [2.45, 2.75) is 32.0 Å². The minimum absolute atomic E-state index is 0.302. The summed E-state index contributed by atoms with van der Waals surface area (Å²) in [6.07, 6.45) is 3.51. The zero-order valence-electron chi connectivity index (χ0n) is 10.2. The van der Waals surface area contributed by atoms with E-state index in [-0.39, 0.29) is 0 Å². The summed E-state index contributed by atoms with van der Waals surface area (Å²) in [4.78, 5) is 0. The Labute approximate surface area is 103 Å². The van der Waals surface area contributed by atoms with Crippen molar-refractivity contribution in [3.8, 4) is 0 Å². The fraction of sp³-hybridized carbons (Fsp3) is 0.571. The molecule has 1 aliphatic rings. The van der Waals surface area contributed by atoms with Crippen molar-refractivity contribution < 1.29 is 9.47 Å². The van der Waals surface area contributed by atoms with Crippen LogP contribution < -0.4 is 5.73 Å². The first-order valence-corrected chi connectivity index (χ1v) is 6.36. The number of rotatable bonds is 6. The molecule has 1 aliphatic heterocycles. The number of ether oxygens (including phenoxy) is 2. The maximum Gasteiger partial charge on any atom is 0.0809 e. The van der Waals surface area contributed by atoms with Crippen LogP contribution in [0.2, 0.25) is 0 Å². The van der Waals surface area contributed by atoms with E-state index in [4.69, 9.17) is 15.2 Å². The van der Waals surface area contributed by atoms with Crippen molar-refractivity contribution >= 4 is 0 Å². The van der Waals surface area contributed by atoms with Gasteiger partial charge in [0.1, 0.15) is 0 Å². The van der Waals surface area contributed by atoms with Crippen LogP contribution in [-0.2, 0) is 22.5 Å². The Morgan fingerprint density at radius 3 is 2.82 bits per heavy atom. The minimum atomic E-state index is 0.302. The highest BCUT2D eigenvalue weighted by Gasteiger charge is 2.15. The third kappa shape index (κ3) is 3.80. The summed E-state index contributed by atoms with van der Waals surface area (Å²) < 4.78 is 11.2. The molecule has 0 bridgehead atoms. The van der Waals surface area contributed by atoms with E-state index >= 15 is 0 Å². The summed E-state index contributed by atoms with van der Waals surface area (Å²) in [6.45, 7) is 2.94. The van der Waals surface area contributed by atoms with Gasteiger partial charge in [-0.3, -0.25) is 0 Å². The second-order valence-electron chi connectivity index (χ2n) is 4.46. The van der Waals surface area contributed by atoms with Gasteiger partial charge < -0.3 is 15.2 Å². The molecule has 1 atom stereocenters. The summed E-state index contributed by atoms with van der Waals surface area (Å²) in [5, 5.41) is 0. The van der Waals surface area contributed by atoms with Gasteiger partial charge in [-0.1, -0.05) is 24.3 Å². The van der Waals surface area contributed by atoms with Gasteiger partial charge in [0.2, 0.25) is 0 Å². The van der Waals surface area contributed by atoms with Crippen molar-refractivity contribution in [2.75, 3.05) is 19.8 Å². The zero-order chi connectivity index (χ0) is 11.9. The van der Waals surface area contributed by atoms with Crippen LogP contribution in [0.1, 0.15) is 24.0 Å². The molecule has 17 heavy (non-hydrogen) atoms. The van der Waals surface area contributed by atoms with Gasteiger partial charge in [0.15, 0.2) is 0 Å². The number of benzene rings is 1. The first-order chi connectivity index (χ1) is 8.40. The average molecular weight is 235 g/mol. The lowest BCUT2D eigenvalue weighted by Gasteiger charge is -2.12. The molecule has 1 saturated heterocycles. The topological polar surface area (TPSA) is 44.5 Å². The van der Waals surface area contributed by atoms with E-state index in [1.54, 1.807) is 0 Å². The second kappa shape index (κ2) is 6.74. The van der Waals surface area contributed by atoms with Gasteiger partial charge in [0.05, 0.1) is 19.3 Å². The van der Waals surface area contributed by atoms with Crippen LogP contribution >= 0.6 is 0 Å². The summed E-state index contributed by atoms with van der Waals surface area (Å²) in [5.74, 6) is 0. The number of hydrogen-bond donors (Lipinski definition) is 1. The van der Waals surface area contributed by atoms with E-state index in [2.05, 4.69) is 18.2 Å². The Balaban J connectivity index is 1.80. The molecular formula is C14H21NO2. The van der Waals surface area contributed by atoms with Crippen molar-refractivity contribution in [1.29, 1.82) is 0 Å². The predicted molar refractivity (Wildman–Crippen MR) is 67.8 cm³/mol. The molecule has 1 heterocycles. The van der Waals surface area contributed by atoms with E-state index in [0.29, 0.717) is 25.9 Å². The van der Waals surface area contributed by atoms with Crippen LogP contribution in [0.4, 0.5) is 0 Å². The molecule has 0 amide bonds. The Bertz CT molecular complexity index is 335. The molecule has 94 valence electrons. The standard InChI is InChI=1S/C14H21NO2/c15-8-7-12-4-1-2-5-13(12)10-16-11-14-6-3-9-17-14/h1-2,4-5,14H,3,6-11,15H2. The summed E-state index contributed by atoms with van der Waals surface area (Å²) in [6, 6.07) is 8.33. The molecule has 1 unspecified atom stereocenters. The fourth-order valence-corrected chi connectivity index (χ4v) is 2.17. The predicted octanol–water partition coefficient (Wildman–Crippen LogP) is 1.88. The van der Waals surface area contributed by atoms with Crippen molar-refractivity contribution in [1.82, 2.24) is 0 Å². The quantitative estimate of drug-likeness (QED) is 0.819. The largest absolute Gasteiger partial charge is 0.376 e. The summed E-state index contributed by atoms with van der Waals surface area (Å²) >= 11 is 0. The average Bonchev–Trinajstić information content (AvgIpc) is 2.85. The van der Waals surface area contributed by atoms with Crippen LogP contribution in [0.3, 0.4) is 0 Å². The highest BCUT2D eigenvalue weighted by molar-refractivity contribution is 5.26. The van der Waals surface area contributed by atoms with Crippen LogP contribution in [0, 0.1) is 0 Å². The van der Waals surface area contributed by atoms with Crippen molar-refractivity contribution in [2.24, 2.45) is 5.73 Å². The van der Waals surface area contributed by atoms with Crippen molar-refractivity contribution in [3.63, 3.8) is 0 Å². The monoisotopic (exact) mass is 235 g/mol. The summed E-state index contributed by atoms with van der Waals surface area (Å²) in [5.41, 5.74) is 8.14. The van der Waals surface area contributed by atoms with Crippen LogP contribution in [0.25, 0.3) is 0 Å². The maximum absolute atomic E-state index is 5.72. The molecule has 0 aliphatic carbocycles. The first kappa shape index (κ1) is 12.6. The van der Waals surface area contributed by atoms with Crippen LogP contribution in [0.15, 0.2) is 24.3 Å². The van der Waals surface area contributed by atoms with Gasteiger partial charge >= 0.3 is 0 Å². The zero-order valence-corrected chi connectivity index (χ0v) is 10.2. The second-order valence-corrected chi connectivity index (χ2v) is 4.46. The van der Waals surface area contributed by atoms with Gasteiger partial charge in [-0.15, -0.1) is 0 Å². The molecule has 0 aromatic heterocycles. The normalized spacial score (nSPS) is 19.7. The molecule has 3 heteroatoms. The molecule has 0 radical (unpaired) electrons. The van der Waals surface area contributed by atoms with E-state index in [1.807, 2.05) is 6.07 Å². The Morgan fingerprint density at radius 1 is 1.29 bits per heavy atom. The Morgan fingerprint density at radius 2 is 2.12 bits per heavy atom. The molecule has 0 spiro atoms. The lowest BCUT2D eigenvalue weighted by atomic mass is 10.1. The minimum Gasteiger partial charge on any atom is -0.376 e. The SMILES string of the molecule is NCCc1ccccc1COCC1CCCO1. The highest BCUT2D eigenvalue weighted by Crippen LogP contribution is 2.14. The molecule has 2 N–H and O–H groups in total. The fourth-order valence-electron chi connectivity index (χ4n) is 2.17. The lowest BCUT2D eigenvalue weighted by molar-refractivity contribution is 0.0104. The lowest BCUT2D eigenvalue weighted by Crippen LogP contribution is -2.14. The van der Waals surface area contributed by atoms with Gasteiger partial charge in [0, 0.05) is 6.61 Å². The number of hydrogen-bond acceptors (Lipinski definition) is 3. The summed E-state index contributed by atoms with van der Waals surface area (Å²) in [7, 11) is 0. The van der Waals surface area contributed by atoms with Crippen LogP contribution in [0.5, 0.6) is 0 Å². The van der Waals surface area contributed by atoms with E-state index in [0.717, 1.165) is 25.9 Å². The smallest absolute Gasteiger partial charge is 0.0809 e. The van der Waals surface area contributed by atoms with Gasteiger partial charge in [-0.2, -0.15) is 0 Å². The molecule has 3 nitrogen and oxygen atoms in total. The first-order valence-electron chi connectivity index (χ1n) is 6.36. The Kier molecular flexibility index (Phi) is 4.98. The third-order valence-corrected chi connectivity index (χ3v) is 3.12. The van der Waals surface area contributed by atoms with Gasteiger partial charge in [-0.05, 0) is 36.9 Å². The number of nitrogens with two attached hydrogens (primary N) is 1. The third-order valence-electron chi connectivity index (χ3n) is 3.12. The molecule has 1 aromatic carbocycles. The van der Waals surface area contributed by atoms with E-state index in [1.165, 1.54) is 11.1 Å². The van der Waals surface area contributed by atoms with Gasteiger partial charge in [-0.25, -0.2) is 0 Å². The van der Waals surface area contributed by atoms with E-state index in [9.17, 15) is 0 Å². The molecule has 2 rings (SSSR count). The van der Waals surface area contributed by atoms with Crippen molar-refractivity contribution in [3.05, 3.63) is 35.4 Å². The molecule has 0 saturated carbocycles. The molecular weight excluding hydrogens is 214 g/mol. The van der Waals surface area contributed by atoms with E-state index < -0.39 is 0 Å².